The van der Waals surface area contributed by atoms with Gasteiger partial charge >= 0.3 is 0 Å². The van der Waals surface area contributed by atoms with E-state index in [9.17, 15) is 0 Å². The van der Waals surface area contributed by atoms with Crippen molar-refractivity contribution in [3.63, 3.8) is 0 Å². The average Bonchev–Trinajstić information content (AvgIpc) is 2.28. The number of hydrogen-bond donors (Lipinski definition) is 1. The predicted molar refractivity (Wildman–Crippen MR) is 76.6 cm³/mol. The molecule has 0 spiro atoms. The van der Waals surface area contributed by atoms with Gasteiger partial charge in [0, 0.05) is 56.0 Å². The molecular formula is C14H20ClN3. The first-order chi connectivity index (χ1) is 8.74. The van der Waals surface area contributed by atoms with E-state index < -0.39 is 0 Å². The second-order valence-electron chi connectivity index (χ2n) is 5.27. The summed E-state index contributed by atoms with van der Waals surface area (Å²) in [4.78, 5) is 5.09. The molecule has 0 aromatic heterocycles. The number of nitrogens with zero attached hydrogens (tertiary/aromatic N) is 2. The molecule has 1 N–H and O–H groups in total. The summed E-state index contributed by atoms with van der Waals surface area (Å²) in [5.41, 5.74) is 2.62. The lowest BCUT2D eigenvalue weighted by atomic mass is 10.1. The Morgan fingerprint density at radius 1 is 1.17 bits per heavy atom. The number of halogens is 1. The predicted octanol–water partition coefficient (Wildman–Crippen LogP) is 1.74. The molecule has 1 aromatic rings. The first-order valence-electron chi connectivity index (χ1n) is 6.70. The molecule has 0 saturated carbocycles. The van der Waals surface area contributed by atoms with Crippen molar-refractivity contribution in [1.82, 2.24) is 10.2 Å². The lowest BCUT2D eigenvalue weighted by Crippen LogP contribution is -2.61. The van der Waals surface area contributed by atoms with Crippen molar-refractivity contribution in [1.29, 1.82) is 0 Å². The van der Waals surface area contributed by atoms with E-state index in [2.05, 4.69) is 34.2 Å². The summed E-state index contributed by atoms with van der Waals surface area (Å²) in [6.07, 6.45) is 0. The Morgan fingerprint density at radius 3 is 2.44 bits per heavy atom. The number of nitrogens with one attached hydrogen (secondary N) is 1. The van der Waals surface area contributed by atoms with Gasteiger partial charge in [-0.25, -0.2) is 0 Å². The lowest BCUT2D eigenvalue weighted by Gasteiger charge is -2.44. The van der Waals surface area contributed by atoms with Crippen molar-refractivity contribution in [3.8, 4) is 0 Å². The highest BCUT2D eigenvalue weighted by atomic mass is 35.5. The molecule has 2 aliphatic heterocycles. The van der Waals surface area contributed by atoms with Gasteiger partial charge in [0.25, 0.3) is 0 Å². The Hall–Kier alpha value is -0.770. The number of piperazine rings is 1. The number of aryl methyl sites for hydroxylation is 1. The van der Waals surface area contributed by atoms with Gasteiger partial charge in [-0.05, 0) is 30.7 Å². The van der Waals surface area contributed by atoms with Crippen LogP contribution in [0.25, 0.3) is 0 Å². The Balaban J connectivity index is 1.64. The van der Waals surface area contributed by atoms with Gasteiger partial charge in [0.1, 0.15) is 0 Å². The molecule has 0 aliphatic carbocycles. The average molecular weight is 266 g/mol. The van der Waals surface area contributed by atoms with Crippen molar-refractivity contribution >= 4 is 17.3 Å². The molecule has 0 unspecified atom stereocenters. The molecule has 0 radical (unpaired) electrons. The SMILES string of the molecule is Cc1cc(Cl)ccc1N1CCN(C2CNC2)CC1. The first kappa shape index (κ1) is 12.3. The van der Waals surface area contributed by atoms with Crippen molar-refractivity contribution in [3.05, 3.63) is 28.8 Å². The van der Waals surface area contributed by atoms with Gasteiger partial charge in [-0.2, -0.15) is 0 Å². The summed E-state index contributed by atoms with van der Waals surface area (Å²) in [7, 11) is 0. The largest absolute Gasteiger partial charge is 0.369 e. The van der Waals surface area contributed by atoms with Crippen molar-refractivity contribution in [2.45, 2.75) is 13.0 Å². The quantitative estimate of drug-likeness (QED) is 0.879. The molecule has 98 valence electrons. The third-order valence-electron chi connectivity index (χ3n) is 4.09. The van der Waals surface area contributed by atoms with Crippen LogP contribution in [0.4, 0.5) is 5.69 Å². The number of hydrogen-bond acceptors (Lipinski definition) is 3. The number of anilines is 1. The minimum Gasteiger partial charge on any atom is -0.369 e. The van der Waals surface area contributed by atoms with Crippen LogP contribution in [-0.4, -0.2) is 50.2 Å². The monoisotopic (exact) mass is 265 g/mol. The topological polar surface area (TPSA) is 18.5 Å². The van der Waals surface area contributed by atoms with Gasteiger partial charge in [-0.15, -0.1) is 0 Å². The maximum Gasteiger partial charge on any atom is 0.0410 e. The molecule has 0 bridgehead atoms. The molecule has 2 fully saturated rings. The van der Waals surface area contributed by atoms with E-state index in [0.29, 0.717) is 0 Å². The first-order valence-corrected chi connectivity index (χ1v) is 7.08. The second-order valence-corrected chi connectivity index (χ2v) is 5.70. The smallest absolute Gasteiger partial charge is 0.0410 e. The molecule has 2 aliphatic rings. The van der Waals surface area contributed by atoms with E-state index in [0.717, 1.165) is 24.2 Å². The molecule has 4 heteroatoms. The highest BCUT2D eigenvalue weighted by Gasteiger charge is 2.27. The molecule has 3 rings (SSSR count). The van der Waals surface area contributed by atoms with Gasteiger partial charge in [-0.1, -0.05) is 11.6 Å². The molecule has 2 heterocycles. The third-order valence-corrected chi connectivity index (χ3v) is 4.33. The molecule has 1 aromatic carbocycles. The zero-order valence-corrected chi connectivity index (χ0v) is 11.6. The van der Waals surface area contributed by atoms with Crippen LogP contribution in [0.15, 0.2) is 18.2 Å². The maximum atomic E-state index is 6.01. The minimum atomic E-state index is 0.776. The van der Waals surface area contributed by atoms with Crippen molar-refractivity contribution in [2.75, 3.05) is 44.2 Å². The molecule has 3 nitrogen and oxygen atoms in total. The van der Waals surface area contributed by atoms with E-state index in [1.807, 2.05) is 6.07 Å². The van der Waals surface area contributed by atoms with E-state index in [1.54, 1.807) is 0 Å². The maximum absolute atomic E-state index is 6.01. The van der Waals surface area contributed by atoms with Crippen LogP contribution >= 0.6 is 11.6 Å². The highest BCUT2D eigenvalue weighted by molar-refractivity contribution is 6.30. The summed E-state index contributed by atoms with van der Waals surface area (Å²) in [6, 6.07) is 6.97. The summed E-state index contributed by atoms with van der Waals surface area (Å²) < 4.78 is 0. The highest BCUT2D eigenvalue weighted by Crippen LogP contribution is 2.25. The van der Waals surface area contributed by atoms with Gasteiger partial charge in [0.15, 0.2) is 0 Å². The van der Waals surface area contributed by atoms with Gasteiger partial charge in [0.05, 0.1) is 0 Å². The van der Waals surface area contributed by atoms with Crippen molar-refractivity contribution < 1.29 is 0 Å². The van der Waals surface area contributed by atoms with E-state index in [1.165, 1.54) is 37.4 Å². The fourth-order valence-corrected chi connectivity index (χ4v) is 3.06. The second kappa shape index (κ2) is 5.08. The fraction of sp³-hybridized carbons (Fsp3) is 0.571. The normalized spacial score (nSPS) is 22.0. The lowest BCUT2D eigenvalue weighted by molar-refractivity contribution is 0.138. The summed E-state index contributed by atoms with van der Waals surface area (Å²) in [6.45, 7) is 9.07. The van der Waals surface area contributed by atoms with Gasteiger partial charge < -0.3 is 10.2 Å². The van der Waals surface area contributed by atoms with Crippen LogP contribution in [0.3, 0.4) is 0 Å². The van der Waals surface area contributed by atoms with Gasteiger partial charge in [-0.3, -0.25) is 4.90 Å². The van der Waals surface area contributed by atoms with Crippen LogP contribution in [0.2, 0.25) is 5.02 Å². The molecule has 0 atom stereocenters. The van der Waals surface area contributed by atoms with Crippen molar-refractivity contribution in [2.24, 2.45) is 0 Å². The minimum absolute atomic E-state index is 0.776. The standard InChI is InChI=1S/C14H20ClN3/c1-11-8-12(15)2-3-14(11)18-6-4-17(5-7-18)13-9-16-10-13/h2-3,8,13,16H,4-7,9-10H2,1H3. The van der Waals surface area contributed by atoms with E-state index in [-0.39, 0.29) is 0 Å². The number of benzene rings is 1. The summed E-state index contributed by atoms with van der Waals surface area (Å²) in [5.74, 6) is 0. The van der Waals surface area contributed by atoms with Crippen LogP contribution in [0, 0.1) is 6.92 Å². The Labute approximate surface area is 114 Å². The number of rotatable bonds is 2. The van der Waals surface area contributed by atoms with Crippen LogP contribution in [0.5, 0.6) is 0 Å². The van der Waals surface area contributed by atoms with Crippen LogP contribution < -0.4 is 10.2 Å². The summed E-state index contributed by atoms with van der Waals surface area (Å²) in [5, 5.41) is 4.18. The molecular weight excluding hydrogens is 246 g/mol. The van der Waals surface area contributed by atoms with Crippen LogP contribution in [0.1, 0.15) is 5.56 Å². The summed E-state index contributed by atoms with van der Waals surface area (Å²) >= 11 is 6.01. The molecule has 18 heavy (non-hydrogen) atoms. The third kappa shape index (κ3) is 2.35. The van der Waals surface area contributed by atoms with Gasteiger partial charge in [0.2, 0.25) is 0 Å². The fourth-order valence-electron chi connectivity index (χ4n) is 2.83. The molecule has 2 saturated heterocycles. The van der Waals surface area contributed by atoms with Crippen LogP contribution in [-0.2, 0) is 0 Å². The van der Waals surface area contributed by atoms with E-state index >= 15 is 0 Å². The Bertz CT molecular complexity index is 423. The molecule has 0 amide bonds. The Morgan fingerprint density at radius 2 is 1.89 bits per heavy atom. The van der Waals surface area contributed by atoms with E-state index in [4.69, 9.17) is 11.6 Å². The zero-order valence-electron chi connectivity index (χ0n) is 10.8. The Kier molecular flexibility index (Phi) is 3.46. The zero-order chi connectivity index (χ0) is 12.5.